The van der Waals surface area contributed by atoms with Crippen LogP contribution in [0.4, 0.5) is 0 Å². The number of hydrogen-bond donors (Lipinski definition) is 3. The molecular formula is C23H25N3O3. The molecule has 0 spiro atoms. The van der Waals surface area contributed by atoms with Gasteiger partial charge in [-0.15, -0.1) is 0 Å². The number of aliphatic hydroxyl groups excluding tert-OH is 1. The van der Waals surface area contributed by atoms with Crippen molar-refractivity contribution in [3.63, 3.8) is 0 Å². The molecule has 0 aliphatic carbocycles. The van der Waals surface area contributed by atoms with Crippen LogP contribution in [0.2, 0.25) is 0 Å². The molecule has 0 saturated carbocycles. The molecule has 2 heterocycles. The Hall–Kier alpha value is -2.96. The van der Waals surface area contributed by atoms with Crippen LogP contribution in [0.3, 0.4) is 0 Å². The zero-order valence-electron chi connectivity index (χ0n) is 16.4. The van der Waals surface area contributed by atoms with Gasteiger partial charge in [-0.25, -0.2) is 0 Å². The summed E-state index contributed by atoms with van der Waals surface area (Å²) in [4.78, 5) is 16.8. The minimum absolute atomic E-state index is 0.0716. The van der Waals surface area contributed by atoms with E-state index in [1.165, 1.54) is 0 Å². The minimum Gasteiger partial charge on any atom is -0.496 e. The summed E-state index contributed by atoms with van der Waals surface area (Å²) in [5, 5.41) is 16.8. The van der Waals surface area contributed by atoms with Crippen molar-refractivity contribution < 1.29 is 14.6 Å². The molecule has 1 fully saturated rings. The number of rotatable bonds is 5. The number of nitrogens with one attached hydrogen (secondary N) is 2. The average molecular weight is 391 g/mol. The first-order valence-corrected chi connectivity index (χ1v) is 9.86. The van der Waals surface area contributed by atoms with Crippen LogP contribution < -0.4 is 15.4 Å². The highest BCUT2D eigenvalue weighted by molar-refractivity contribution is 5.98. The average Bonchev–Trinajstić information content (AvgIpc) is 2.77. The highest BCUT2D eigenvalue weighted by atomic mass is 16.5. The van der Waals surface area contributed by atoms with Gasteiger partial charge in [0.05, 0.1) is 30.2 Å². The SMILES string of the molecule is COc1ccnc2cccc(-c3ccc(CNC(=O)C4CC(O)CCN4)cc3)c12. The van der Waals surface area contributed by atoms with Gasteiger partial charge in [0.2, 0.25) is 5.91 Å². The predicted octanol–water partition coefficient (Wildman–Crippen LogP) is 2.64. The summed E-state index contributed by atoms with van der Waals surface area (Å²) < 4.78 is 5.53. The van der Waals surface area contributed by atoms with Crippen LogP contribution in [0.1, 0.15) is 18.4 Å². The molecule has 2 atom stereocenters. The number of aromatic nitrogens is 1. The molecule has 3 aromatic rings. The number of aliphatic hydroxyl groups is 1. The van der Waals surface area contributed by atoms with E-state index >= 15 is 0 Å². The third kappa shape index (κ3) is 4.23. The first kappa shape index (κ1) is 19.4. The number of pyridine rings is 1. The van der Waals surface area contributed by atoms with Crippen LogP contribution in [-0.4, -0.2) is 41.8 Å². The Bertz CT molecular complexity index is 999. The number of carbonyl (C=O) groups excluding carboxylic acids is 1. The summed E-state index contributed by atoms with van der Waals surface area (Å²) in [5.41, 5.74) is 4.03. The number of ether oxygens (including phenoxy) is 1. The van der Waals surface area contributed by atoms with E-state index in [0.717, 1.165) is 33.3 Å². The van der Waals surface area contributed by atoms with Gasteiger partial charge in [0.1, 0.15) is 5.75 Å². The molecule has 3 N–H and O–H groups in total. The molecule has 150 valence electrons. The van der Waals surface area contributed by atoms with Crippen molar-refractivity contribution in [2.75, 3.05) is 13.7 Å². The van der Waals surface area contributed by atoms with Crippen LogP contribution in [-0.2, 0) is 11.3 Å². The summed E-state index contributed by atoms with van der Waals surface area (Å²) in [6.45, 7) is 1.12. The fourth-order valence-electron chi connectivity index (χ4n) is 3.80. The lowest BCUT2D eigenvalue weighted by atomic mass is 9.98. The van der Waals surface area contributed by atoms with Gasteiger partial charge >= 0.3 is 0 Å². The second kappa shape index (κ2) is 8.59. The van der Waals surface area contributed by atoms with Crippen molar-refractivity contribution in [2.24, 2.45) is 0 Å². The first-order chi connectivity index (χ1) is 14.2. The van der Waals surface area contributed by atoms with E-state index in [1.54, 1.807) is 13.3 Å². The number of hydrogen-bond acceptors (Lipinski definition) is 5. The number of benzene rings is 2. The minimum atomic E-state index is -0.404. The Kier molecular flexibility index (Phi) is 5.74. The zero-order chi connectivity index (χ0) is 20.2. The maximum Gasteiger partial charge on any atom is 0.237 e. The lowest BCUT2D eigenvalue weighted by Gasteiger charge is -2.26. The van der Waals surface area contributed by atoms with Crippen molar-refractivity contribution in [1.29, 1.82) is 0 Å². The Morgan fingerprint density at radius 1 is 1.24 bits per heavy atom. The Morgan fingerprint density at radius 2 is 2.07 bits per heavy atom. The van der Waals surface area contributed by atoms with E-state index < -0.39 is 6.10 Å². The Morgan fingerprint density at radius 3 is 2.83 bits per heavy atom. The second-order valence-corrected chi connectivity index (χ2v) is 7.31. The standard InChI is InChI=1S/C23H25N3O3/c1-29-21-10-12-24-19-4-2-3-18(22(19)21)16-7-5-15(6-8-16)14-26-23(28)20-13-17(27)9-11-25-20/h2-8,10,12,17,20,25,27H,9,11,13-14H2,1H3,(H,26,28). The summed E-state index contributed by atoms with van der Waals surface area (Å²) in [6.07, 6.45) is 2.50. The van der Waals surface area contributed by atoms with Gasteiger partial charge in [-0.1, -0.05) is 36.4 Å². The van der Waals surface area contributed by atoms with Crippen LogP contribution in [0, 0.1) is 0 Å². The number of piperidine rings is 1. The van der Waals surface area contributed by atoms with Gasteiger partial charge in [-0.05, 0) is 48.2 Å². The lowest BCUT2D eigenvalue weighted by Crippen LogP contribution is -2.49. The van der Waals surface area contributed by atoms with Gasteiger partial charge in [0, 0.05) is 12.7 Å². The fourth-order valence-corrected chi connectivity index (χ4v) is 3.80. The van der Waals surface area contributed by atoms with Gasteiger partial charge in [-0.2, -0.15) is 0 Å². The molecule has 6 nitrogen and oxygen atoms in total. The molecule has 1 aliphatic heterocycles. The van der Waals surface area contributed by atoms with Gasteiger partial charge in [0.15, 0.2) is 0 Å². The predicted molar refractivity (Wildman–Crippen MR) is 113 cm³/mol. The summed E-state index contributed by atoms with van der Waals surface area (Å²) in [7, 11) is 1.66. The molecule has 1 aliphatic rings. The second-order valence-electron chi connectivity index (χ2n) is 7.31. The number of fused-ring (bicyclic) bond motifs is 1. The largest absolute Gasteiger partial charge is 0.496 e. The maximum absolute atomic E-state index is 12.3. The van der Waals surface area contributed by atoms with Crippen LogP contribution in [0.15, 0.2) is 54.7 Å². The monoisotopic (exact) mass is 391 g/mol. The third-order valence-corrected chi connectivity index (χ3v) is 5.37. The smallest absolute Gasteiger partial charge is 0.237 e. The molecule has 2 unspecified atom stereocenters. The maximum atomic E-state index is 12.3. The Labute approximate surface area is 169 Å². The highest BCUT2D eigenvalue weighted by Gasteiger charge is 2.25. The molecule has 0 bridgehead atoms. The van der Waals surface area contributed by atoms with E-state index in [4.69, 9.17) is 4.74 Å². The molecule has 2 aromatic carbocycles. The van der Waals surface area contributed by atoms with Crippen molar-refractivity contribution in [3.05, 3.63) is 60.3 Å². The van der Waals surface area contributed by atoms with Crippen LogP contribution >= 0.6 is 0 Å². The van der Waals surface area contributed by atoms with E-state index in [0.29, 0.717) is 25.9 Å². The molecule has 29 heavy (non-hydrogen) atoms. The molecule has 1 aromatic heterocycles. The van der Waals surface area contributed by atoms with Gasteiger partial charge in [-0.3, -0.25) is 9.78 Å². The quantitative estimate of drug-likeness (QED) is 0.623. The molecule has 0 radical (unpaired) electrons. The van der Waals surface area contributed by atoms with Crippen molar-refractivity contribution in [1.82, 2.24) is 15.6 Å². The van der Waals surface area contributed by atoms with Gasteiger partial charge in [0.25, 0.3) is 0 Å². The van der Waals surface area contributed by atoms with Crippen molar-refractivity contribution in [3.8, 4) is 16.9 Å². The van der Waals surface area contributed by atoms with E-state index in [2.05, 4.69) is 21.7 Å². The van der Waals surface area contributed by atoms with Crippen LogP contribution in [0.5, 0.6) is 5.75 Å². The van der Waals surface area contributed by atoms with Crippen LogP contribution in [0.25, 0.3) is 22.0 Å². The van der Waals surface area contributed by atoms with E-state index in [-0.39, 0.29) is 11.9 Å². The van der Waals surface area contributed by atoms with Gasteiger partial charge < -0.3 is 20.5 Å². The van der Waals surface area contributed by atoms with E-state index in [9.17, 15) is 9.90 Å². The van der Waals surface area contributed by atoms with E-state index in [1.807, 2.05) is 42.5 Å². The molecule has 4 rings (SSSR count). The third-order valence-electron chi connectivity index (χ3n) is 5.37. The number of carbonyl (C=O) groups is 1. The first-order valence-electron chi connectivity index (χ1n) is 9.86. The number of nitrogens with zero attached hydrogens (tertiary/aromatic N) is 1. The normalized spacial score (nSPS) is 19.1. The topological polar surface area (TPSA) is 83.5 Å². The number of methoxy groups -OCH3 is 1. The van der Waals surface area contributed by atoms with Crippen molar-refractivity contribution >= 4 is 16.8 Å². The molecule has 6 heteroatoms. The zero-order valence-corrected chi connectivity index (χ0v) is 16.4. The summed E-state index contributed by atoms with van der Waals surface area (Å²) in [5.74, 6) is 0.724. The lowest BCUT2D eigenvalue weighted by molar-refractivity contribution is -0.124. The van der Waals surface area contributed by atoms with Crippen molar-refractivity contribution in [2.45, 2.75) is 31.5 Å². The molecule has 1 amide bonds. The fraction of sp³-hybridized carbons (Fsp3) is 0.304. The molecule has 1 saturated heterocycles. The summed E-state index contributed by atoms with van der Waals surface area (Å²) in [6, 6.07) is 15.7. The summed E-state index contributed by atoms with van der Waals surface area (Å²) >= 11 is 0. The highest BCUT2D eigenvalue weighted by Crippen LogP contribution is 2.34. The Balaban J connectivity index is 1.49. The number of amides is 1. The molecular weight excluding hydrogens is 366 g/mol.